The summed E-state index contributed by atoms with van der Waals surface area (Å²) in [6.45, 7) is 1.39. The first-order valence-corrected chi connectivity index (χ1v) is 9.04. The van der Waals surface area contributed by atoms with E-state index in [0.717, 1.165) is 41.9 Å². The molecule has 3 heterocycles. The summed E-state index contributed by atoms with van der Waals surface area (Å²) in [4.78, 5) is 16.4. The quantitative estimate of drug-likeness (QED) is 0.631. The number of halogens is 4. The number of pyridine rings is 1. The van der Waals surface area contributed by atoms with Crippen molar-refractivity contribution in [2.24, 2.45) is 0 Å². The van der Waals surface area contributed by atoms with Crippen LogP contribution in [0, 0.1) is 17.5 Å². The number of rotatable bonds is 5. The standard InChI is InChI=1S/C18H13F3N4O2S.ClH/c19-10-2-1-3-11(20)15(10)16-12(21)4-5-13(24-16)17(26)25-14-8-23-28-18(14)27-9-6-22-7-9;/h1-5,8-9,22H,6-7H2,(H,25,26);1H. The minimum Gasteiger partial charge on any atom is -0.475 e. The summed E-state index contributed by atoms with van der Waals surface area (Å²) < 4.78 is 51.8. The fraction of sp³-hybridized carbons (Fsp3) is 0.167. The Labute approximate surface area is 173 Å². The Morgan fingerprint density at radius 1 is 1.14 bits per heavy atom. The molecule has 0 saturated carbocycles. The van der Waals surface area contributed by atoms with Gasteiger partial charge in [-0.05, 0) is 24.3 Å². The molecule has 0 bridgehead atoms. The second kappa shape index (κ2) is 8.76. The average molecular weight is 443 g/mol. The lowest BCUT2D eigenvalue weighted by atomic mass is 10.1. The molecule has 6 nitrogen and oxygen atoms in total. The fourth-order valence-electron chi connectivity index (χ4n) is 2.55. The molecule has 3 aromatic rings. The van der Waals surface area contributed by atoms with Gasteiger partial charge in [0, 0.05) is 24.6 Å². The summed E-state index contributed by atoms with van der Waals surface area (Å²) in [5, 5.41) is 6.07. The van der Waals surface area contributed by atoms with Crippen LogP contribution in [0.15, 0.2) is 36.5 Å². The molecule has 11 heteroatoms. The molecule has 2 N–H and O–H groups in total. The molecule has 1 amide bonds. The molecule has 0 aliphatic carbocycles. The van der Waals surface area contributed by atoms with Crippen LogP contribution in [-0.2, 0) is 0 Å². The third kappa shape index (κ3) is 4.34. The number of ether oxygens (including phenoxy) is 1. The number of benzene rings is 1. The molecular weight excluding hydrogens is 429 g/mol. The Morgan fingerprint density at radius 3 is 2.52 bits per heavy atom. The fourth-order valence-corrected chi connectivity index (χ4v) is 3.18. The van der Waals surface area contributed by atoms with Gasteiger partial charge in [0.05, 0.1) is 11.8 Å². The van der Waals surface area contributed by atoms with Crippen molar-refractivity contribution < 1.29 is 22.7 Å². The molecule has 1 fully saturated rings. The predicted octanol–water partition coefficient (Wildman–Crippen LogP) is 3.65. The zero-order valence-corrected chi connectivity index (χ0v) is 16.2. The predicted molar refractivity (Wildman–Crippen MR) is 104 cm³/mol. The molecule has 2 aromatic heterocycles. The first kappa shape index (κ1) is 21.0. The van der Waals surface area contributed by atoms with Crippen LogP contribution in [0.3, 0.4) is 0 Å². The van der Waals surface area contributed by atoms with Gasteiger partial charge in [-0.1, -0.05) is 6.07 Å². The molecule has 1 aliphatic heterocycles. The van der Waals surface area contributed by atoms with Crippen molar-refractivity contribution in [2.75, 3.05) is 18.4 Å². The second-order valence-electron chi connectivity index (χ2n) is 6.00. The maximum Gasteiger partial charge on any atom is 0.274 e. The number of anilines is 1. The van der Waals surface area contributed by atoms with Gasteiger partial charge >= 0.3 is 0 Å². The molecule has 152 valence electrons. The molecule has 4 rings (SSSR count). The molecule has 1 aliphatic rings. The zero-order chi connectivity index (χ0) is 19.7. The van der Waals surface area contributed by atoms with Crippen LogP contribution >= 0.6 is 23.9 Å². The van der Waals surface area contributed by atoms with E-state index in [9.17, 15) is 18.0 Å². The highest BCUT2D eigenvalue weighted by atomic mass is 35.5. The average Bonchev–Trinajstić information content (AvgIpc) is 3.06. The van der Waals surface area contributed by atoms with Gasteiger partial charge in [0.25, 0.3) is 5.91 Å². The van der Waals surface area contributed by atoms with Gasteiger partial charge in [-0.25, -0.2) is 18.2 Å². The Kier molecular flexibility index (Phi) is 6.36. The number of hydrogen-bond acceptors (Lipinski definition) is 6. The largest absolute Gasteiger partial charge is 0.475 e. The van der Waals surface area contributed by atoms with Gasteiger partial charge < -0.3 is 15.4 Å². The van der Waals surface area contributed by atoms with E-state index in [0.29, 0.717) is 23.8 Å². The maximum absolute atomic E-state index is 14.1. The summed E-state index contributed by atoms with van der Waals surface area (Å²) >= 11 is 1.08. The van der Waals surface area contributed by atoms with Gasteiger partial charge in [-0.15, -0.1) is 12.4 Å². The summed E-state index contributed by atoms with van der Waals surface area (Å²) in [7, 11) is 0. The van der Waals surface area contributed by atoms with Crippen LogP contribution in [0.4, 0.5) is 18.9 Å². The molecule has 0 spiro atoms. The number of carbonyl (C=O) groups is 1. The molecule has 0 radical (unpaired) electrons. The third-order valence-corrected chi connectivity index (χ3v) is 4.77. The number of carbonyl (C=O) groups excluding carboxylic acids is 1. The first-order valence-electron chi connectivity index (χ1n) is 8.27. The van der Waals surface area contributed by atoms with Crippen molar-refractivity contribution in [3.8, 4) is 16.3 Å². The van der Waals surface area contributed by atoms with Crippen LogP contribution in [0.1, 0.15) is 10.5 Å². The zero-order valence-electron chi connectivity index (χ0n) is 14.6. The highest BCUT2D eigenvalue weighted by Gasteiger charge is 2.23. The maximum atomic E-state index is 14.1. The topological polar surface area (TPSA) is 76.1 Å². The summed E-state index contributed by atoms with van der Waals surface area (Å²) in [5.74, 6) is -3.58. The van der Waals surface area contributed by atoms with E-state index >= 15 is 0 Å². The number of nitrogens with one attached hydrogen (secondary N) is 2. The molecular formula is C18H14ClF3N4O2S. The van der Waals surface area contributed by atoms with E-state index in [2.05, 4.69) is 20.0 Å². The van der Waals surface area contributed by atoms with Crippen LogP contribution in [0.25, 0.3) is 11.3 Å². The van der Waals surface area contributed by atoms with Crippen LogP contribution in [-0.4, -0.2) is 34.5 Å². The Bertz CT molecular complexity index is 1030. The van der Waals surface area contributed by atoms with E-state index in [1.807, 2.05) is 0 Å². The molecule has 0 unspecified atom stereocenters. The SMILES string of the molecule is Cl.O=C(Nc1cnsc1OC1CNC1)c1ccc(F)c(-c2c(F)cccc2F)n1. The minimum atomic E-state index is -0.976. The number of aromatic nitrogens is 2. The van der Waals surface area contributed by atoms with Crippen molar-refractivity contribution in [3.63, 3.8) is 0 Å². The van der Waals surface area contributed by atoms with Gasteiger partial charge in [0.15, 0.2) is 0 Å². The lowest BCUT2D eigenvalue weighted by molar-refractivity contribution is 0.102. The second-order valence-corrected chi connectivity index (χ2v) is 6.77. The lowest BCUT2D eigenvalue weighted by Gasteiger charge is -2.27. The van der Waals surface area contributed by atoms with Crippen molar-refractivity contribution in [2.45, 2.75) is 6.10 Å². The van der Waals surface area contributed by atoms with Gasteiger partial charge in [-0.2, -0.15) is 4.37 Å². The van der Waals surface area contributed by atoms with Crippen molar-refractivity contribution in [3.05, 3.63) is 59.7 Å². The van der Waals surface area contributed by atoms with E-state index in [1.54, 1.807) is 0 Å². The first-order chi connectivity index (χ1) is 13.5. The van der Waals surface area contributed by atoms with Crippen LogP contribution in [0.5, 0.6) is 5.06 Å². The molecule has 0 atom stereocenters. The van der Waals surface area contributed by atoms with Gasteiger partial charge in [-0.3, -0.25) is 4.79 Å². The van der Waals surface area contributed by atoms with Crippen molar-refractivity contribution in [1.82, 2.24) is 14.7 Å². The van der Waals surface area contributed by atoms with E-state index in [-0.39, 0.29) is 24.2 Å². The summed E-state index contributed by atoms with van der Waals surface area (Å²) in [6, 6.07) is 5.20. The molecule has 29 heavy (non-hydrogen) atoms. The monoisotopic (exact) mass is 442 g/mol. The van der Waals surface area contributed by atoms with E-state index in [4.69, 9.17) is 4.74 Å². The highest BCUT2D eigenvalue weighted by molar-refractivity contribution is 7.08. The third-order valence-electron chi connectivity index (χ3n) is 4.08. The summed E-state index contributed by atoms with van der Waals surface area (Å²) in [6.07, 6.45) is 1.42. The van der Waals surface area contributed by atoms with Crippen molar-refractivity contribution in [1.29, 1.82) is 0 Å². The van der Waals surface area contributed by atoms with E-state index in [1.165, 1.54) is 6.20 Å². The van der Waals surface area contributed by atoms with Crippen molar-refractivity contribution >= 4 is 35.5 Å². The number of hydrogen-bond donors (Lipinski definition) is 2. The van der Waals surface area contributed by atoms with Crippen LogP contribution < -0.4 is 15.4 Å². The Hall–Kier alpha value is -2.69. The minimum absolute atomic E-state index is 0. The Balaban J connectivity index is 0.00000240. The highest BCUT2D eigenvalue weighted by Crippen LogP contribution is 2.31. The number of nitrogens with zero attached hydrogens (tertiary/aromatic N) is 2. The Morgan fingerprint density at radius 2 is 1.86 bits per heavy atom. The molecule has 1 saturated heterocycles. The normalized spacial score (nSPS) is 13.3. The molecule has 1 aromatic carbocycles. The summed E-state index contributed by atoms with van der Waals surface area (Å²) in [5.41, 5.74) is -1.08. The lowest BCUT2D eigenvalue weighted by Crippen LogP contribution is -2.50. The smallest absolute Gasteiger partial charge is 0.274 e. The van der Waals surface area contributed by atoms with Gasteiger partial charge in [0.2, 0.25) is 5.06 Å². The van der Waals surface area contributed by atoms with Crippen LogP contribution in [0.2, 0.25) is 0 Å². The number of amides is 1. The van der Waals surface area contributed by atoms with E-state index < -0.39 is 34.6 Å². The van der Waals surface area contributed by atoms with Gasteiger partial charge in [0.1, 0.15) is 40.6 Å².